The molecule has 2 atom stereocenters. The lowest BCUT2D eigenvalue weighted by molar-refractivity contribution is -0.138. The molecular weight excluding hydrogens is 332 g/mol. The van der Waals surface area contributed by atoms with E-state index in [0.29, 0.717) is 30.0 Å². The molecule has 1 aromatic carbocycles. The van der Waals surface area contributed by atoms with Crippen molar-refractivity contribution in [2.45, 2.75) is 75.4 Å². The lowest BCUT2D eigenvalue weighted by Crippen LogP contribution is -2.50. The van der Waals surface area contributed by atoms with Crippen molar-refractivity contribution in [1.82, 2.24) is 10.2 Å². The minimum absolute atomic E-state index is 0. The summed E-state index contributed by atoms with van der Waals surface area (Å²) in [5.41, 5.74) is 1.45. The van der Waals surface area contributed by atoms with Gasteiger partial charge in [0.05, 0.1) is 0 Å². The normalized spacial score (nSPS) is 34.2. The van der Waals surface area contributed by atoms with E-state index in [1.54, 1.807) is 0 Å². The van der Waals surface area contributed by atoms with Gasteiger partial charge in [-0.3, -0.25) is 4.79 Å². The largest absolute Gasteiger partial charge is 0.342 e. The summed E-state index contributed by atoms with van der Waals surface area (Å²) in [4.78, 5) is 15.1. The van der Waals surface area contributed by atoms with Crippen LogP contribution in [-0.2, 0) is 4.79 Å². The van der Waals surface area contributed by atoms with Crippen molar-refractivity contribution in [3.8, 4) is 0 Å². The van der Waals surface area contributed by atoms with Crippen LogP contribution in [0.1, 0.15) is 62.8 Å². The molecule has 2 unspecified atom stereocenters. The molecule has 0 radical (unpaired) electrons. The zero-order chi connectivity index (χ0) is 16.5. The van der Waals surface area contributed by atoms with Gasteiger partial charge in [0.15, 0.2) is 0 Å². The Morgan fingerprint density at radius 1 is 0.960 bits per heavy atom. The highest BCUT2D eigenvalue weighted by Crippen LogP contribution is 2.37. The molecule has 1 aliphatic carbocycles. The maximum Gasteiger partial charge on any atom is 0.225 e. The molecule has 2 heterocycles. The number of carbonyl (C=O) groups excluding carboxylic acids is 1. The first-order chi connectivity index (χ1) is 11.7. The molecule has 2 aliphatic heterocycles. The zero-order valence-electron chi connectivity index (χ0n) is 15.2. The number of rotatable bonds is 3. The number of fused-ring (bicyclic) bond motifs is 2. The predicted molar refractivity (Wildman–Crippen MR) is 104 cm³/mol. The number of halogens is 1. The highest BCUT2D eigenvalue weighted by molar-refractivity contribution is 5.85. The van der Waals surface area contributed by atoms with Gasteiger partial charge in [-0.25, -0.2) is 0 Å². The molecule has 3 fully saturated rings. The third-order valence-corrected chi connectivity index (χ3v) is 6.69. The predicted octanol–water partition coefficient (Wildman–Crippen LogP) is 4.12. The lowest BCUT2D eigenvalue weighted by atomic mass is 9.78. The fourth-order valence-electron chi connectivity index (χ4n) is 5.21. The number of nitrogens with one attached hydrogen (secondary N) is 1. The van der Waals surface area contributed by atoms with Crippen LogP contribution in [0.25, 0.3) is 0 Å². The van der Waals surface area contributed by atoms with Gasteiger partial charge >= 0.3 is 0 Å². The summed E-state index contributed by atoms with van der Waals surface area (Å²) in [5.74, 6) is 1.31. The van der Waals surface area contributed by atoms with E-state index in [-0.39, 0.29) is 18.3 Å². The first-order valence-corrected chi connectivity index (χ1v) is 9.78. The van der Waals surface area contributed by atoms with E-state index in [9.17, 15) is 4.79 Å². The molecule has 0 spiro atoms. The summed E-state index contributed by atoms with van der Waals surface area (Å²) in [6.45, 7) is 0. The van der Waals surface area contributed by atoms with Crippen LogP contribution < -0.4 is 5.32 Å². The number of hydrogen-bond acceptors (Lipinski definition) is 2. The van der Waals surface area contributed by atoms with Crippen molar-refractivity contribution in [3.05, 3.63) is 35.9 Å². The molecule has 2 bridgehead atoms. The summed E-state index contributed by atoms with van der Waals surface area (Å²) in [5, 5.41) is 3.68. The van der Waals surface area contributed by atoms with Crippen LogP contribution >= 0.6 is 12.4 Å². The molecule has 1 N–H and O–H groups in total. The Morgan fingerprint density at radius 2 is 1.56 bits per heavy atom. The van der Waals surface area contributed by atoms with Crippen molar-refractivity contribution >= 4 is 18.3 Å². The summed E-state index contributed by atoms with van der Waals surface area (Å²) in [6, 6.07) is 12.6. The van der Waals surface area contributed by atoms with Crippen LogP contribution in [0.2, 0.25) is 0 Å². The maximum atomic E-state index is 13.0. The van der Waals surface area contributed by atoms with Crippen LogP contribution in [0.5, 0.6) is 0 Å². The van der Waals surface area contributed by atoms with Crippen molar-refractivity contribution in [3.63, 3.8) is 0 Å². The molecule has 138 valence electrons. The van der Waals surface area contributed by atoms with Gasteiger partial charge in [0, 0.05) is 31.1 Å². The highest BCUT2D eigenvalue weighted by atomic mass is 35.5. The van der Waals surface area contributed by atoms with Crippen LogP contribution in [-0.4, -0.2) is 36.0 Å². The molecule has 3 nitrogen and oxygen atoms in total. The van der Waals surface area contributed by atoms with Crippen LogP contribution in [0.15, 0.2) is 30.3 Å². The van der Waals surface area contributed by atoms with E-state index in [1.807, 2.05) is 0 Å². The van der Waals surface area contributed by atoms with Gasteiger partial charge in [0.25, 0.3) is 0 Å². The topological polar surface area (TPSA) is 32.3 Å². The molecule has 3 aliphatic rings. The molecule has 1 amide bonds. The van der Waals surface area contributed by atoms with Gasteiger partial charge in [-0.2, -0.15) is 0 Å². The molecule has 25 heavy (non-hydrogen) atoms. The second kappa shape index (κ2) is 8.09. The van der Waals surface area contributed by atoms with Crippen molar-refractivity contribution < 1.29 is 4.79 Å². The number of carbonyl (C=O) groups is 1. The van der Waals surface area contributed by atoms with Gasteiger partial charge in [0.1, 0.15) is 0 Å². The molecule has 4 rings (SSSR count). The monoisotopic (exact) mass is 362 g/mol. The number of piperidine rings is 1. The van der Waals surface area contributed by atoms with Crippen LogP contribution in [0.3, 0.4) is 0 Å². The Balaban J connectivity index is 0.00000182. The molecule has 2 saturated heterocycles. The fourth-order valence-corrected chi connectivity index (χ4v) is 5.21. The van der Waals surface area contributed by atoms with Crippen molar-refractivity contribution in [2.24, 2.45) is 5.92 Å². The zero-order valence-corrected chi connectivity index (χ0v) is 16.0. The molecule has 1 aromatic rings. The Bertz CT molecular complexity index is 559. The van der Waals surface area contributed by atoms with Gasteiger partial charge < -0.3 is 10.2 Å². The van der Waals surface area contributed by atoms with Crippen molar-refractivity contribution in [1.29, 1.82) is 0 Å². The molecular formula is C21H31ClN2O. The van der Waals surface area contributed by atoms with E-state index in [1.165, 1.54) is 18.4 Å². The minimum Gasteiger partial charge on any atom is -0.342 e. The third-order valence-electron chi connectivity index (χ3n) is 6.69. The second-order valence-electron chi connectivity index (χ2n) is 8.17. The van der Waals surface area contributed by atoms with Crippen LogP contribution in [0.4, 0.5) is 0 Å². The average Bonchev–Trinajstić information content (AvgIpc) is 2.99. The summed E-state index contributed by atoms with van der Waals surface area (Å²) in [7, 11) is 2.06. The molecule has 0 aromatic heterocycles. The standard InChI is InChI=1S/C21H30N2O.ClH/c1-23(20-13-18-11-12-19(14-20)22-18)21(24)17-9-7-16(8-10-17)15-5-3-2-4-6-15;/h2-6,16-20,22H,7-14H2,1H3;1H. The quantitative estimate of drug-likeness (QED) is 0.877. The first-order valence-electron chi connectivity index (χ1n) is 9.78. The molecule has 4 heteroatoms. The summed E-state index contributed by atoms with van der Waals surface area (Å²) >= 11 is 0. The number of nitrogens with zero attached hydrogens (tertiary/aromatic N) is 1. The highest BCUT2D eigenvalue weighted by Gasteiger charge is 2.38. The van der Waals surface area contributed by atoms with E-state index >= 15 is 0 Å². The van der Waals surface area contributed by atoms with Gasteiger partial charge in [0.2, 0.25) is 5.91 Å². The first kappa shape index (κ1) is 18.7. The Morgan fingerprint density at radius 3 is 2.16 bits per heavy atom. The SMILES string of the molecule is CN(C(=O)C1CCC(c2ccccc2)CC1)C1CC2CCC(C1)N2.Cl. The van der Waals surface area contributed by atoms with Gasteiger partial charge in [-0.05, 0) is 62.8 Å². The number of amides is 1. The van der Waals surface area contributed by atoms with Crippen molar-refractivity contribution in [2.75, 3.05) is 7.05 Å². The summed E-state index contributed by atoms with van der Waals surface area (Å²) < 4.78 is 0. The third kappa shape index (κ3) is 4.03. The molecule has 1 saturated carbocycles. The van der Waals surface area contributed by atoms with Gasteiger partial charge in [-0.15, -0.1) is 12.4 Å². The Kier molecular flexibility index (Phi) is 6.06. The number of hydrogen-bond donors (Lipinski definition) is 1. The minimum atomic E-state index is 0. The maximum absolute atomic E-state index is 13.0. The smallest absolute Gasteiger partial charge is 0.225 e. The van der Waals surface area contributed by atoms with Gasteiger partial charge in [-0.1, -0.05) is 30.3 Å². The Labute approximate surface area is 158 Å². The average molecular weight is 363 g/mol. The van der Waals surface area contributed by atoms with Crippen LogP contribution in [0, 0.1) is 5.92 Å². The Hall–Kier alpha value is -1.06. The van der Waals surface area contributed by atoms with E-state index in [0.717, 1.165) is 38.5 Å². The second-order valence-corrected chi connectivity index (χ2v) is 8.17. The fraction of sp³-hybridized carbons (Fsp3) is 0.667. The lowest BCUT2D eigenvalue weighted by Gasteiger charge is -2.38. The van der Waals surface area contributed by atoms with E-state index in [2.05, 4.69) is 47.6 Å². The van der Waals surface area contributed by atoms with E-state index < -0.39 is 0 Å². The van der Waals surface area contributed by atoms with E-state index in [4.69, 9.17) is 0 Å². The number of benzene rings is 1. The summed E-state index contributed by atoms with van der Waals surface area (Å²) in [6.07, 6.45) is 9.32.